The minimum atomic E-state index is -1.13. The van der Waals surface area contributed by atoms with Gasteiger partial charge < -0.3 is 38.0 Å². The largest absolute Gasteiger partial charge is 0.490 e. The van der Waals surface area contributed by atoms with Crippen LogP contribution in [0.15, 0.2) is 64.5 Å². The van der Waals surface area contributed by atoms with Crippen molar-refractivity contribution in [3.8, 4) is 11.4 Å². The van der Waals surface area contributed by atoms with E-state index in [0.717, 1.165) is 59.4 Å². The molecule has 0 aliphatic rings. The molecule has 12 heteroatoms. The molecule has 4 aromatic rings. The summed E-state index contributed by atoms with van der Waals surface area (Å²) in [5.74, 6) is 0.810. The van der Waals surface area contributed by atoms with Crippen molar-refractivity contribution >= 4 is 17.0 Å². The van der Waals surface area contributed by atoms with Crippen molar-refractivity contribution in [1.29, 1.82) is 0 Å². The van der Waals surface area contributed by atoms with Crippen LogP contribution in [0, 0.1) is 0 Å². The molecule has 1 atom stereocenters. The lowest BCUT2D eigenvalue weighted by Gasteiger charge is -2.21. The SMILES string of the molecule is CC(C)(C)c1cc(CCN)cc(OC[C@H](F)CN)c1.CC(C)(C)c1cc2cn(-c3ccc(CNCCCN=C(N)N)cc3)c(=O)nc2[nH]1. The van der Waals surface area contributed by atoms with Gasteiger partial charge >= 0.3 is 5.69 Å². The molecule has 0 amide bonds. The third-order valence-electron chi connectivity index (χ3n) is 7.62. The Balaban J connectivity index is 0.000000286. The molecule has 2 heterocycles. The summed E-state index contributed by atoms with van der Waals surface area (Å²) in [6.45, 7) is 15.5. The Morgan fingerprint density at radius 2 is 1.73 bits per heavy atom. The normalized spacial score (nSPS) is 12.4. The molecule has 11 nitrogen and oxygen atoms in total. The number of ether oxygens (including phenoxy) is 1. The number of guanidine groups is 1. The van der Waals surface area contributed by atoms with Gasteiger partial charge in [0.2, 0.25) is 0 Å². The Hall–Kier alpha value is -4.26. The number of benzene rings is 2. The van der Waals surface area contributed by atoms with Crippen LogP contribution in [0.4, 0.5) is 4.39 Å². The summed E-state index contributed by atoms with van der Waals surface area (Å²) in [5, 5.41) is 4.27. The predicted octanol–water partition coefficient (Wildman–Crippen LogP) is 3.93. The first-order valence-electron chi connectivity index (χ1n) is 16.4. The summed E-state index contributed by atoms with van der Waals surface area (Å²) < 4.78 is 20.2. The molecule has 0 fully saturated rings. The van der Waals surface area contributed by atoms with Gasteiger partial charge in [0.05, 0.1) is 5.69 Å². The molecule has 48 heavy (non-hydrogen) atoms. The molecular weight excluding hydrogens is 609 g/mol. The number of nitrogens with zero attached hydrogens (tertiary/aromatic N) is 3. The zero-order chi connectivity index (χ0) is 35.5. The maximum atomic E-state index is 13.1. The Bertz CT molecular complexity index is 1680. The van der Waals surface area contributed by atoms with Gasteiger partial charge in [-0.05, 0) is 78.4 Å². The van der Waals surface area contributed by atoms with E-state index in [1.165, 1.54) is 0 Å². The van der Waals surface area contributed by atoms with Gasteiger partial charge in [0.25, 0.3) is 0 Å². The lowest BCUT2D eigenvalue weighted by atomic mass is 9.85. The van der Waals surface area contributed by atoms with Crippen LogP contribution in [0.2, 0.25) is 0 Å². The molecule has 0 aliphatic carbocycles. The van der Waals surface area contributed by atoms with Crippen molar-refractivity contribution in [2.24, 2.45) is 27.9 Å². The van der Waals surface area contributed by atoms with Gasteiger partial charge in [-0.3, -0.25) is 9.56 Å². The number of nitrogens with two attached hydrogens (primary N) is 4. The number of aliphatic imine (C=N–C) groups is 1. The fourth-order valence-corrected chi connectivity index (χ4v) is 4.75. The van der Waals surface area contributed by atoms with Crippen molar-refractivity contribution in [1.82, 2.24) is 19.9 Å². The lowest BCUT2D eigenvalue weighted by Crippen LogP contribution is -2.23. The van der Waals surface area contributed by atoms with Gasteiger partial charge in [-0.15, -0.1) is 0 Å². The number of aromatic nitrogens is 3. The number of hydrogen-bond acceptors (Lipinski definition) is 7. The summed E-state index contributed by atoms with van der Waals surface area (Å²) in [5.41, 5.74) is 27.0. The van der Waals surface area contributed by atoms with Crippen LogP contribution in [0.5, 0.6) is 5.75 Å². The van der Waals surface area contributed by atoms with Crippen LogP contribution in [0.25, 0.3) is 16.7 Å². The second kappa shape index (κ2) is 17.2. The second-order valence-electron chi connectivity index (χ2n) is 13.9. The van der Waals surface area contributed by atoms with E-state index in [0.29, 0.717) is 24.5 Å². The minimum Gasteiger partial charge on any atom is -0.490 e. The van der Waals surface area contributed by atoms with Crippen LogP contribution in [-0.2, 0) is 23.8 Å². The van der Waals surface area contributed by atoms with Gasteiger partial charge in [-0.25, -0.2) is 9.18 Å². The van der Waals surface area contributed by atoms with Crippen molar-refractivity contribution in [2.45, 2.75) is 77.9 Å². The molecule has 0 radical (unpaired) electrons. The summed E-state index contributed by atoms with van der Waals surface area (Å²) in [6.07, 6.45) is 2.37. The highest BCUT2D eigenvalue weighted by Gasteiger charge is 2.18. The zero-order valence-electron chi connectivity index (χ0n) is 29.3. The zero-order valence-corrected chi connectivity index (χ0v) is 29.3. The van der Waals surface area contributed by atoms with E-state index in [4.69, 9.17) is 27.7 Å². The Morgan fingerprint density at radius 3 is 2.33 bits per heavy atom. The lowest BCUT2D eigenvalue weighted by molar-refractivity contribution is 0.200. The number of fused-ring (bicyclic) bond motifs is 1. The topological polar surface area (TPSA) is 188 Å². The summed E-state index contributed by atoms with van der Waals surface area (Å²) in [7, 11) is 0. The van der Waals surface area contributed by atoms with Crippen LogP contribution >= 0.6 is 0 Å². The summed E-state index contributed by atoms with van der Waals surface area (Å²) in [4.78, 5) is 23.9. The molecule has 2 aromatic carbocycles. The number of aromatic amines is 1. The highest BCUT2D eigenvalue weighted by Crippen LogP contribution is 2.28. The van der Waals surface area contributed by atoms with Crippen LogP contribution in [0.3, 0.4) is 0 Å². The van der Waals surface area contributed by atoms with Crippen molar-refractivity contribution < 1.29 is 9.13 Å². The van der Waals surface area contributed by atoms with E-state index in [1.807, 2.05) is 42.6 Å². The third-order valence-corrected chi connectivity index (χ3v) is 7.62. The number of nitrogens with one attached hydrogen (secondary N) is 2. The summed E-state index contributed by atoms with van der Waals surface area (Å²) >= 11 is 0. The number of halogens is 1. The first kappa shape index (κ1) is 38.2. The Labute approximate surface area is 283 Å². The average molecular weight is 664 g/mol. The molecule has 0 unspecified atom stereocenters. The fourth-order valence-electron chi connectivity index (χ4n) is 4.75. The second-order valence-corrected chi connectivity index (χ2v) is 13.9. The van der Waals surface area contributed by atoms with Gasteiger partial charge in [0.1, 0.15) is 24.2 Å². The van der Waals surface area contributed by atoms with Crippen LogP contribution in [0.1, 0.15) is 70.3 Å². The summed E-state index contributed by atoms with van der Waals surface area (Å²) in [6, 6.07) is 16.0. The molecule has 0 saturated heterocycles. The van der Waals surface area contributed by atoms with E-state index in [2.05, 4.69) is 74.0 Å². The molecule has 0 spiro atoms. The van der Waals surface area contributed by atoms with Crippen molar-refractivity contribution in [3.63, 3.8) is 0 Å². The molecule has 262 valence electrons. The van der Waals surface area contributed by atoms with E-state index in [1.54, 1.807) is 4.57 Å². The average Bonchev–Trinajstić information content (AvgIpc) is 3.45. The predicted molar refractivity (Wildman–Crippen MR) is 195 cm³/mol. The molecule has 10 N–H and O–H groups in total. The van der Waals surface area contributed by atoms with Crippen LogP contribution in [-0.4, -0.2) is 59.5 Å². The van der Waals surface area contributed by atoms with Gasteiger partial charge in [0, 0.05) is 42.3 Å². The van der Waals surface area contributed by atoms with E-state index >= 15 is 0 Å². The van der Waals surface area contributed by atoms with Crippen LogP contribution < -0.4 is 38.7 Å². The highest BCUT2D eigenvalue weighted by atomic mass is 19.1. The fraction of sp³-hybridized carbons (Fsp3) is 0.472. The van der Waals surface area contributed by atoms with Crippen molar-refractivity contribution in [3.05, 3.63) is 87.6 Å². The molecule has 4 rings (SSSR count). The molecule has 2 aromatic heterocycles. The van der Waals surface area contributed by atoms with E-state index in [9.17, 15) is 9.18 Å². The first-order chi connectivity index (χ1) is 22.6. The minimum absolute atomic E-state index is 0.00778. The smallest absolute Gasteiger partial charge is 0.354 e. The number of H-pyrrole nitrogens is 1. The first-order valence-corrected chi connectivity index (χ1v) is 16.4. The van der Waals surface area contributed by atoms with Gasteiger partial charge in [-0.2, -0.15) is 4.98 Å². The Morgan fingerprint density at radius 1 is 1.02 bits per heavy atom. The monoisotopic (exact) mass is 663 g/mol. The van der Waals surface area contributed by atoms with Gasteiger partial charge in [-0.1, -0.05) is 59.7 Å². The quantitative estimate of drug-likeness (QED) is 0.0705. The number of hydrogen-bond donors (Lipinski definition) is 6. The molecule has 0 aliphatic heterocycles. The number of alkyl halides is 1. The van der Waals surface area contributed by atoms with E-state index < -0.39 is 6.17 Å². The Kier molecular flexibility index (Phi) is 13.7. The molecule has 0 bridgehead atoms. The number of rotatable bonds is 13. The molecule has 0 saturated carbocycles. The maximum absolute atomic E-state index is 13.1. The molecular formula is C36H54FN9O2. The third kappa shape index (κ3) is 11.8. The standard InChI is InChI=1S/C21H29N7O.C15H25FN2O/c1-21(2,3)17-11-15-13-28(20(29)27-18(15)26-17)16-7-5-14(6-8-16)12-24-9-4-10-25-19(22)23;1-15(2,3)12-6-11(4-5-17)7-14(8-12)19-10-13(16)9-18/h5-8,11,13,24H,4,9-10,12H2,1-3H3,(H4,22,23,25)(H,26,27,29);6-8,13H,4-5,9-10,17-18H2,1-3H3/t;13-/m.1/s1. The highest BCUT2D eigenvalue weighted by molar-refractivity contribution is 5.76. The maximum Gasteiger partial charge on any atom is 0.354 e. The van der Waals surface area contributed by atoms with Gasteiger partial charge in [0.15, 0.2) is 5.96 Å². The van der Waals surface area contributed by atoms with E-state index in [-0.39, 0.29) is 35.6 Å². The van der Waals surface area contributed by atoms with Crippen molar-refractivity contribution in [2.75, 3.05) is 32.8 Å².